The Hall–Kier alpha value is -0.0800. The van der Waals surface area contributed by atoms with Gasteiger partial charge in [-0.3, -0.25) is 8.98 Å². The molecule has 0 spiro atoms. The molecule has 0 aliphatic carbocycles. The average Bonchev–Trinajstić information content (AvgIpc) is 2.40. The number of ether oxygens (including phenoxy) is 2. The van der Waals surface area contributed by atoms with Crippen LogP contribution in [-0.2, 0) is 28.9 Å². The van der Waals surface area contributed by atoms with Crippen LogP contribution in [0.25, 0.3) is 0 Å². The quantitative estimate of drug-likeness (QED) is 0.174. The van der Waals surface area contributed by atoms with Gasteiger partial charge < -0.3 is 29.6 Å². The summed E-state index contributed by atoms with van der Waals surface area (Å²) in [5, 5.41) is 22.3. The van der Waals surface area contributed by atoms with Gasteiger partial charge >= 0.3 is 29.6 Å². The predicted molar refractivity (Wildman–Crippen MR) is 70.1 cm³/mol. The molecule has 10 nitrogen and oxygen atoms in total. The first-order valence-corrected chi connectivity index (χ1v) is 7.60. The molecule has 1 aliphatic rings. The summed E-state index contributed by atoms with van der Waals surface area (Å²) in [7, 11) is -4.98. The summed E-state index contributed by atoms with van der Waals surface area (Å²) in [6, 6.07) is -1.09. The summed E-state index contributed by atoms with van der Waals surface area (Å²) in [6.07, 6.45) is -4.25. The number of nitrogens with one attached hydrogen (secondary N) is 1. The van der Waals surface area contributed by atoms with Crippen molar-refractivity contribution in [3.8, 4) is 0 Å². The number of aliphatic hydroxyl groups is 2. The monoisotopic (exact) mass is 363 g/mol. The van der Waals surface area contributed by atoms with Gasteiger partial charge in [-0.2, -0.15) is 0 Å². The van der Waals surface area contributed by atoms with E-state index in [0.717, 1.165) is 0 Å². The summed E-state index contributed by atoms with van der Waals surface area (Å²) in [6.45, 7) is 3.83. The van der Waals surface area contributed by atoms with E-state index in [0.29, 0.717) is 0 Å². The van der Waals surface area contributed by atoms with Crippen molar-refractivity contribution in [1.29, 1.82) is 0 Å². The van der Waals surface area contributed by atoms with Crippen LogP contribution in [0, 0.1) is 0 Å². The predicted octanol–water partition coefficient (Wildman–Crippen LogP) is -5.38. The maximum absolute atomic E-state index is 11.1. The standard InChI is InChI=1S/C11H19NO9S.Na/c1-3-4-19-11-8(12-6(2)13)10(15)9(14)7(21-11)5-20-22(16,17)18;/h3,7-11,14-15H,1,4-5H2,2H3,(H,12,13)(H,16,17,18);/q;+1/p-1/t7-,8-,9-,10-,11-;/m1./s1. The summed E-state index contributed by atoms with van der Waals surface area (Å²) in [5.41, 5.74) is 0. The maximum atomic E-state index is 11.1. The van der Waals surface area contributed by atoms with Crippen LogP contribution in [0.5, 0.6) is 0 Å². The van der Waals surface area contributed by atoms with Gasteiger partial charge in [0.25, 0.3) is 0 Å². The minimum atomic E-state index is -4.98. The van der Waals surface area contributed by atoms with Crippen molar-refractivity contribution >= 4 is 16.3 Å². The van der Waals surface area contributed by atoms with E-state index >= 15 is 0 Å². The number of hydrogen-bond acceptors (Lipinski definition) is 9. The average molecular weight is 363 g/mol. The van der Waals surface area contributed by atoms with Gasteiger partial charge in [0.2, 0.25) is 16.3 Å². The Morgan fingerprint density at radius 2 is 2.04 bits per heavy atom. The Labute approximate surface area is 156 Å². The topological polar surface area (TPSA) is 154 Å². The molecule has 0 radical (unpaired) electrons. The zero-order valence-corrected chi connectivity index (χ0v) is 15.6. The molecule has 0 unspecified atom stereocenters. The minimum Gasteiger partial charge on any atom is -0.726 e. The molecule has 1 rings (SSSR count). The Bertz CT molecular complexity index is 500. The summed E-state index contributed by atoms with van der Waals surface area (Å²) in [4.78, 5) is 11.1. The SMILES string of the molecule is C=CCO[C@@H]1O[C@H](COS(=O)(=O)[O-])[C@@H](O)[C@H](O)[C@H]1NC(C)=O.[Na+]. The van der Waals surface area contributed by atoms with E-state index in [1.54, 1.807) is 0 Å². The molecule has 0 aromatic heterocycles. The fraction of sp³-hybridized carbons (Fsp3) is 0.727. The van der Waals surface area contributed by atoms with Crippen LogP contribution in [-0.4, -0.2) is 72.9 Å². The second-order valence-electron chi connectivity index (χ2n) is 4.57. The van der Waals surface area contributed by atoms with E-state index in [-0.39, 0.29) is 36.2 Å². The number of rotatable bonds is 7. The first-order valence-electron chi connectivity index (χ1n) is 6.27. The third-order valence-corrected chi connectivity index (χ3v) is 3.25. The molecule has 0 bridgehead atoms. The van der Waals surface area contributed by atoms with Gasteiger partial charge in [-0.1, -0.05) is 6.08 Å². The molecule has 128 valence electrons. The molecule has 3 N–H and O–H groups in total. The van der Waals surface area contributed by atoms with Crippen LogP contribution in [0.3, 0.4) is 0 Å². The Morgan fingerprint density at radius 3 is 2.52 bits per heavy atom. The normalized spacial score (nSPS) is 31.0. The Balaban J connectivity index is 0.00000484. The van der Waals surface area contributed by atoms with Crippen molar-refractivity contribution in [2.24, 2.45) is 0 Å². The van der Waals surface area contributed by atoms with Crippen molar-refractivity contribution < 1.29 is 71.2 Å². The van der Waals surface area contributed by atoms with E-state index in [1.165, 1.54) is 13.0 Å². The molecule has 1 amide bonds. The van der Waals surface area contributed by atoms with Crippen LogP contribution < -0.4 is 34.9 Å². The molecule has 0 saturated carbocycles. The smallest absolute Gasteiger partial charge is 0.726 e. The van der Waals surface area contributed by atoms with E-state index in [9.17, 15) is 28.0 Å². The molecule has 5 atom stereocenters. The van der Waals surface area contributed by atoms with Crippen LogP contribution in [0.4, 0.5) is 0 Å². The molecule has 12 heteroatoms. The number of hydrogen-bond donors (Lipinski definition) is 3. The Kier molecular flexibility index (Phi) is 10.00. The first-order chi connectivity index (χ1) is 10.2. The number of amides is 1. The second kappa shape index (κ2) is 10.0. The number of carbonyl (C=O) groups is 1. The zero-order valence-electron chi connectivity index (χ0n) is 12.7. The molecular formula is C11H18NNaO9S. The van der Waals surface area contributed by atoms with E-state index in [1.807, 2.05) is 0 Å². The molecule has 1 heterocycles. The fourth-order valence-corrected chi connectivity index (χ4v) is 2.21. The number of aliphatic hydroxyl groups excluding tert-OH is 2. The largest absolute Gasteiger partial charge is 1.00 e. The van der Waals surface area contributed by atoms with Gasteiger partial charge in [-0.25, -0.2) is 8.42 Å². The van der Waals surface area contributed by atoms with Gasteiger partial charge in [0.05, 0.1) is 13.2 Å². The first kappa shape index (κ1) is 22.9. The molecule has 1 fully saturated rings. The van der Waals surface area contributed by atoms with Crippen molar-refractivity contribution in [2.45, 2.75) is 37.6 Å². The molecule has 0 aromatic carbocycles. The van der Waals surface area contributed by atoms with Gasteiger partial charge in [0, 0.05) is 6.92 Å². The second-order valence-corrected chi connectivity index (χ2v) is 5.62. The molecule has 1 saturated heterocycles. The summed E-state index contributed by atoms with van der Waals surface area (Å²) >= 11 is 0. The van der Waals surface area contributed by atoms with Gasteiger partial charge in [-0.15, -0.1) is 6.58 Å². The fourth-order valence-electron chi connectivity index (χ4n) is 1.91. The third-order valence-electron chi connectivity index (χ3n) is 2.83. The van der Waals surface area contributed by atoms with Gasteiger partial charge in [0.1, 0.15) is 24.4 Å². The van der Waals surface area contributed by atoms with Crippen LogP contribution in [0.1, 0.15) is 6.92 Å². The van der Waals surface area contributed by atoms with E-state index in [2.05, 4.69) is 16.1 Å². The van der Waals surface area contributed by atoms with Crippen molar-refractivity contribution in [2.75, 3.05) is 13.2 Å². The molecular weight excluding hydrogens is 345 g/mol. The molecule has 23 heavy (non-hydrogen) atoms. The number of carbonyl (C=O) groups excluding carboxylic acids is 1. The summed E-state index contributed by atoms with van der Waals surface area (Å²) < 4.78 is 45.8. The maximum Gasteiger partial charge on any atom is 1.00 e. The van der Waals surface area contributed by atoms with Gasteiger partial charge in [-0.05, 0) is 0 Å². The van der Waals surface area contributed by atoms with E-state index < -0.39 is 53.6 Å². The Morgan fingerprint density at radius 1 is 1.43 bits per heavy atom. The van der Waals surface area contributed by atoms with Crippen molar-refractivity contribution in [1.82, 2.24) is 5.32 Å². The zero-order chi connectivity index (χ0) is 16.9. The summed E-state index contributed by atoms with van der Waals surface area (Å²) in [5.74, 6) is -0.496. The van der Waals surface area contributed by atoms with Crippen LogP contribution >= 0.6 is 0 Å². The van der Waals surface area contributed by atoms with Gasteiger partial charge in [0.15, 0.2) is 6.29 Å². The minimum absolute atomic E-state index is 0. The van der Waals surface area contributed by atoms with Crippen LogP contribution in [0.15, 0.2) is 12.7 Å². The van der Waals surface area contributed by atoms with Crippen molar-refractivity contribution in [3.63, 3.8) is 0 Å². The van der Waals surface area contributed by atoms with E-state index in [4.69, 9.17) is 9.47 Å². The molecule has 0 aromatic rings. The van der Waals surface area contributed by atoms with Crippen molar-refractivity contribution in [3.05, 3.63) is 12.7 Å². The van der Waals surface area contributed by atoms with Crippen LogP contribution in [0.2, 0.25) is 0 Å². The molecule has 1 aliphatic heterocycles. The third kappa shape index (κ3) is 7.56.